The van der Waals surface area contributed by atoms with Gasteiger partial charge in [0.1, 0.15) is 0 Å². The van der Waals surface area contributed by atoms with Gasteiger partial charge in [-0.05, 0) is 25.0 Å². The summed E-state index contributed by atoms with van der Waals surface area (Å²) in [5, 5.41) is 0. The second-order valence-electron chi connectivity index (χ2n) is 2.30. The Labute approximate surface area is 69.6 Å². The highest BCUT2D eigenvalue weighted by molar-refractivity contribution is 5.08. The minimum absolute atomic E-state index is 1.13. The van der Waals surface area contributed by atoms with E-state index in [1.165, 1.54) is 12.8 Å². The van der Waals surface area contributed by atoms with Gasteiger partial charge in [0.15, 0.2) is 0 Å². The maximum atomic E-state index is 3.56. The van der Waals surface area contributed by atoms with Crippen molar-refractivity contribution in [2.24, 2.45) is 0 Å². The van der Waals surface area contributed by atoms with Crippen LogP contribution in [-0.4, -0.2) is 0 Å². The summed E-state index contributed by atoms with van der Waals surface area (Å²) < 4.78 is 0. The van der Waals surface area contributed by atoms with E-state index in [0.29, 0.717) is 0 Å². The third-order valence-electron chi connectivity index (χ3n) is 1.26. The van der Waals surface area contributed by atoms with Crippen LogP contribution in [0, 0.1) is 0 Å². The lowest BCUT2D eigenvalue weighted by Crippen LogP contribution is -1.63. The van der Waals surface area contributed by atoms with Gasteiger partial charge in [0.2, 0.25) is 0 Å². The summed E-state index contributed by atoms with van der Waals surface area (Å²) in [6.45, 7) is 5.75. The smallest absolute Gasteiger partial charge is 0.0203 e. The fourth-order valence-corrected chi connectivity index (χ4v) is 0.647. The van der Waals surface area contributed by atoms with E-state index in [0.717, 1.165) is 6.42 Å². The highest BCUT2D eigenvalue weighted by Crippen LogP contribution is 1.93. The van der Waals surface area contributed by atoms with Crippen LogP contribution in [0.15, 0.2) is 42.7 Å². The van der Waals surface area contributed by atoms with Crippen molar-refractivity contribution in [3.63, 3.8) is 0 Å². The van der Waals surface area contributed by atoms with Crippen molar-refractivity contribution in [2.75, 3.05) is 0 Å². The van der Waals surface area contributed by atoms with E-state index in [2.05, 4.69) is 25.3 Å². The molecular weight excluding hydrogens is 132 g/mol. The average molecular weight is 148 g/mol. The monoisotopic (exact) mass is 148 g/mol. The summed E-state index contributed by atoms with van der Waals surface area (Å²) in [4.78, 5) is 0. The van der Waals surface area contributed by atoms with Gasteiger partial charge in [0.25, 0.3) is 0 Å². The Kier molecular flexibility index (Phi) is 8.18. The van der Waals surface area contributed by atoms with Gasteiger partial charge in [-0.1, -0.05) is 38.2 Å². The minimum Gasteiger partial charge on any atom is -0.125 e. The molecule has 0 fully saturated rings. The molecular formula is C11H16. The normalized spacial score (nSPS) is 9.18. The van der Waals surface area contributed by atoms with E-state index in [9.17, 15) is 0 Å². The predicted molar refractivity (Wildman–Crippen MR) is 51.5 cm³/mol. The molecule has 0 saturated heterocycles. The summed E-state index contributed by atoms with van der Waals surface area (Å²) in [6, 6.07) is 0. The lowest BCUT2D eigenvalue weighted by atomic mass is 10.2. The Morgan fingerprint density at radius 3 is 2.82 bits per heavy atom. The highest BCUT2D eigenvalue weighted by Gasteiger charge is 1.73. The summed E-state index contributed by atoms with van der Waals surface area (Å²) in [6.07, 6.45) is 13.2. The van der Waals surface area contributed by atoms with Crippen molar-refractivity contribution in [3.8, 4) is 0 Å². The van der Waals surface area contributed by atoms with Gasteiger partial charge in [0, 0.05) is 0 Å². The zero-order valence-electron chi connectivity index (χ0n) is 7.22. The molecule has 0 rings (SSSR count). The first-order valence-electron chi connectivity index (χ1n) is 4.10. The summed E-state index contributed by atoms with van der Waals surface area (Å²) in [7, 11) is 0. The molecule has 0 heteroatoms. The van der Waals surface area contributed by atoms with Gasteiger partial charge < -0.3 is 0 Å². The maximum Gasteiger partial charge on any atom is -0.0203 e. The van der Waals surface area contributed by atoms with Crippen LogP contribution in [-0.2, 0) is 0 Å². The van der Waals surface area contributed by atoms with Crippen LogP contribution in [0.4, 0.5) is 0 Å². The molecule has 0 aliphatic rings. The van der Waals surface area contributed by atoms with Gasteiger partial charge in [-0.25, -0.2) is 0 Å². The number of rotatable bonds is 5. The maximum absolute atomic E-state index is 3.56. The summed E-state index contributed by atoms with van der Waals surface area (Å²) in [5.74, 6) is 0. The largest absolute Gasteiger partial charge is 0.125 e. The van der Waals surface area contributed by atoms with Crippen LogP contribution in [0.3, 0.4) is 0 Å². The van der Waals surface area contributed by atoms with Crippen molar-refractivity contribution in [1.82, 2.24) is 0 Å². The quantitative estimate of drug-likeness (QED) is 0.317. The lowest BCUT2D eigenvalue weighted by Gasteiger charge is -1.82. The van der Waals surface area contributed by atoms with E-state index in [1.807, 2.05) is 18.2 Å². The van der Waals surface area contributed by atoms with Crippen molar-refractivity contribution < 1.29 is 0 Å². The van der Waals surface area contributed by atoms with Crippen LogP contribution < -0.4 is 0 Å². The molecule has 0 unspecified atom stereocenters. The van der Waals surface area contributed by atoms with Crippen LogP contribution in [0.2, 0.25) is 0 Å². The molecule has 0 N–H and O–H groups in total. The summed E-state index contributed by atoms with van der Waals surface area (Å²) in [5.41, 5.74) is 3.07. The number of hydrogen-bond acceptors (Lipinski definition) is 0. The van der Waals surface area contributed by atoms with Crippen molar-refractivity contribution in [3.05, 3.63) is 42.7 Å². The molecule has 0 spiro atoms. The van der Waals surface area contributed by atoms with Gasteiger partial charge in [-0.3, -0.25) is 0 Å². The third-order valence-corrected chi connectivity index (χ3v) is 1.26. The van der Waals surface area contributed by atoms with E-state index in [1.54, 1.807) is 6.08 Å². The van der Waals surface area contributed by atoms with Gasteiger partial charge >= 0.3 is 0 Å². The van der Waals surface area contributed by atoms with Crippen molar-refractivity contribution in [1.29, 1.82) is 0 Å². The standard InChI is InChI=1S/C11H16/c1-3-5-7-9-11-10-8-6-4-2/h3,5,7,9-10H,1,4,6,8H2,2H3. The van der Waals surface area contributed by atoms with E-state index < -0.39 is 0 Å². The molecule has 0 bridgehead atoms. The minimum atomic E-state index is 1.13. The zero-order chi connectivity index (χ0) is 8.36. The van der Waals surface area contributed by atoms with Crippen LogP contribution in [0.1, 0.15) is 26.2 Å². The molecule has 0 nitrogen and oxygen atoms in total. The molecule has 0 heterocycles. The first kappa shape index (κ1) is 10.0. The van der Waals surface area contributed by atoms with E-state index in [4.69, 9.17) is 0 Å². The molecule has 0 amide bonds. The molecule has 0 aliphatic heterocycles. The first-order chi connectivity index (χ1) is 5.41. The SMILES string of the molecule is C=CC=CC=C=CCCCC. The molecule has 0 atom stereocenters. The second-order valence-corrected chi connectivity index (χ2v) is 2.30. The molecule has 0 radical (unpaired) electrons. The number of hydrogen-bond donors (Lipinski definition) is 0. The molecule has 0 aromatic carbocycles. The number of unbranched alkanes of at least 4 members (excludes halogenated alkanes) is 2. The molecule has 60 valence electrons. The van der Waals surface area contributed by atoms with Gasteiger partial charge in [-0.2, -0.15) is 0 Å². The summed E-state index contributed by atoms with van der Waals surface area (Å²) >= 11 is 0. The van der Waals surface area contributed by atoms with Crippen molar-refractivity contribution >= 4 is 0 Å². The Morgan fingerprint density at radius 1 is 1.36 bits per heavy atom. The Hall–Kier alpha value is -1.00. The third kappa shape index (κ3) is 9.00. The zero-order valence-corrected chi connectivity index (χ0v) is 7.22. The molecule has 0 aliphatic carbocycles. The Bertz CT molecular complexity index is 166. The highest BCUT2D eigenvalue weighted by atomic mass is 13.8. The first-order valence-corrected chi connectivity index (χ1v) is 4.10. The molecule has 11 heavy (non-hydrogen) atoms. The van der Waals surface area contributed by atoms with Crippen LogP contribution in [0.5, 0.6) is 0 Å². The van der Waals surface area contributed by atoms with Gasteiger partial charge in [-0.15, -0.1) is 5.73 Å². The lowest BCUT2D eigenvalue weighted by molar-refractivity contribution is 0.815. The number of allylic oxidation sites excluding steroid dienone is 4. The van der Waals surface area contributed by atoms with Gasteiger partial charge in [0.05, 0.1) is 0 Å². The Morgan fingerprint density at radius 2 is 2.18 bits per heavy atom. The van der Waals surface area contributed by atoms with Crippen LogP contribution >= 0.6 is 0 Å². The topological polar surface area (TPSA) is 0 Å². The Balaban J connectivity index is 3.46. The fraction of sp³-hybridized carbons (Fsp3) is 0.364. The fourth-order valence-electron chi connectivity index (χ4n) is 0.647. The molecule has 0 aromatic rings. The molecule has 0 aromatic heterocycles. The second kappa shape index (κ2) is 9.00. The molecule has 0 saturated carbocycles. The van der Waals surface area contributed by atoms with Crippen molar-refractivity contribution in [2.45, 2.75) is 26.2 Å². The predicted octanol–water partition coefficient (Wildman–Crippen LogP) is 3.63. The van der Waals surface area contributed by atoms with Crippen LogP contribution in [0.25, 0.3) is 0 Å². The van der Waals surface area contributed by atoms with E-state index in [-0.39, 0.29) is 0 Å². The average Bonchev–Trinajstić information content (AvgIpc) is 2.03. The van der Waals surface area contributed by atoms with E-state index >= 15 is 0 Å².